The normalized spacial score (nSPS) is 12.5. The molecule has 0 spiro atoms. The first-order valence-corrected chi connectivity index (χ1v) is 9.32. The predicted octanol–water partition coefficient (Wildman–Crippen LogP) is 3.35. The van der Waals surface area contributed by atoms with Gasteiger partial charge < -0.3 is 10.1 Å². The SMILES string of the molecule is COc1ccc(S(=O)(=O)N[C@@H](C)c2ccc(Cl)cc2)cc1NC(C)=O. The molecule has 0 unspecified atom stereocenters. The second-order valence-corrected chi connectivity index (χ2v) is 7.59. The third-order valence-electron chi connectivity index (χ3n) is 3.49. The van der Waals surface area contributed by atoms with E-state index in [-0.39, 0.29) is 16.5 Å². The highest BCUT2D eigenvalue weighted by molar-refractivity contribution is 7.89. The molecule has 0 saturated heterocycles. The zero-order chi connectivity index (χ0) is 18.6. The fourth-order valence-corrected chi connectivity index (χ4v) is 3.65. The van der Waals surface area contributed by atoms with Crippen molar-refractivity contribution in [3.63, 3.8) is 0 Å². The van der Waals surface area contributed by atoms with Crippen LogP contribution in [0.5, 0.6) is 5.75 Å². The predicted molar refractivity (Wildman–Crippen MR) is 97.5 cm³/mol. The van der Waals surface area contributed by atoms with E-state index in [1.165, 1.54) is 32.2 Å². The standard InChI is InChI=1S/C17H19ClN2O4S/c1-11(13-4-6-14(18)7-5-13)20-25(22,23)15-8-9-17(24-3)16(10-15)19-12(2)21/h4-11,20H,1-3H3,(H,19,21)/t11-/m0/s1. The van der Waals surface area contributed by atoms with Crippen molar-refractivity contribution in [2.24, 2.45) is 0 Å². The molecule has 0 saturated carbocycles. The minimum Gasteiger partial charge on any atom is -0.495 e. The fourth-order valence-electron chi connectivity index (χ4n) is 2.26. The number of methoxy groups -OCH3 is 1. The summed E-state index contributed by atoms with van der Waals surface area (Å²) in [5.41, 5.74) is 1.07. The maximum atomic E-state index is 12.6. The number of nitrogens with one attached hydrogen (secondary N) is 2. The van der Waals surface area contributed by atoms with Crippen LogP contribution in [0.3, 0.4) is 0 Å². The molecule has 8 heteroatoms. The molecule has 0 aliphatic heterocycles. The Morgan fingerprint density at radius 1 is 1.16 bits per heavy atom. The average molecular weight is 383 g/mol. The molecule has 2 rings (SSSR count). The number of amides is 1. The van der Waals surface area contributed by atoms with Gasteiger partial charge in [0.2, 0.25) is 15.9 Å². The summed E-state index contributed by atoms with van der Waals surface area (Å²) in [4.78, 5) is 11.3. The van der Waals surface area contributed by atoms with Crippen molar-refractivity contribution < 1.29 is 17.9 Å². The Hall–Kier alpha value is -2.09. The largest absolute Gasteiger partial charge is 0.495 e. The summed E-state index contributed by atoms with van der Waals surface area (Å²) in [5, 5.41) is 3.13. The highest BCUT2D eigenvalue weighted by Gasteiger charge is 2.20. The number of carbonyl (C=O) groups excluding carboxylic acids is 1. The third-order valence-corrected chi connectivity index (χ3v) is 5.28. The monoisotopic (exact) mass is 382 g/mol. The van der Waals surface area contributed by atoms with Crippen LogP contribution < -0.4 is 14.8 Å². The molecule has 2 N–H and O–H groups in total. The zero-order valence-corrected chi connectivity index (χ0v) is 15.6. The van der Waals surface area contributed by atoms with Crippen LogP contribution in [0.2, 0.25) is 5.02 Å². The molecule has 1 amide bonds. The van der Waals surface area contributed by atoms with Gasteiger partial charge in [-0.05, 0) is 42.8 Å². The molecular formula is C17H19ClN2O4S. The van der Waals surface area contributed by atoms with Gasteiger partial charge in [0.25, 0.3) is 0 Å². The van der Waals surface area contributed by atoms with Crippen molar-refractivity contribution in [2.45, 2.75) is 24.8 Å². The molecule has 0 aliphatic carbocycles. The third kappa shape index (κ3) is 4.94. The van der Waals surface area contributed by atoms with E-state index in [1.807, 2.05) is 0 Å². The molecule has 0 aromatic heterocycles. The van der Waals surface area contributed by atoms with Crippen molar-refractivity contribution in [3.8, 4) is 5.75 Å². The van der Waals surface area contributed by atoms with E-state index in [1.54, 1.807) is 31.2 Å². The Kier molecular flexibility index (Phi) is 6.05. The highest BCUT2D eigenvalue weighted by atomic mass is 35.5. The first kappa shape index (κ1) is 19.2. The molecule has 0 bridgehead atoms. The van der Waals surface area contributed by atoms with E-state index in [9.17, 15) is 13.2 Å². The average Bonchev–Trinajstić information content (AvgIpc) is 2.54. The Balaban J connectivity index is 2.29. The molecule has 0 radical (unpaired) electrons. The second-order valence-electron chi connectivity index (χ2n) is 5.44. The number of hydrogen-bond donors (Lipinski definition) is 2. The van der Waals surface area contributed by atoms with Crippen LogP contribution in [0.4, 0.5) is 5.69 Å². The molecule has 134 valence electrons. The summed E-state index contributed by atoms with van der Waals surface area (Å²) >= 11 is 5.85. The van der Waals surface area contributed by atoms with Gasteiger partial charge >= 0.3 is 0 Å². The Morgan fingerprint density at radius 2 is 1.80 bits per heavy atom. The number of rotatable bonds is 6. The number of ether oxygens (including phenoxy) is 1. The van der Waals surface area contributed by atoms with E-state index in [0.717, 1.165) is 5.56 Å². The maximum Gasteiger partial charge on any atom is 0.241 e. The molecular weight excluding hydrogens is 364 g/mol. The van der Waals surface area contributed by atoms with Gasteiger partial charge in [-0.15, -0.1) is 0 Å². The van der Waals surface area contributed by atoms with Crippen molar-refractivity contribution in [1.29, 1.82) is 0 Å². The lowest BCUT2D eigenvalue weighted by molar-refractivity contribution is -0.114. The van der Waals surface area contributed by atoms with E-state index < -0.39 is 16.1 Å². The van der Waals surface area contributed by atoms with Crippen LogP contribution in [0.25, 0.3) is 0 Å². The molecule has 0 heterocycles. The number of carbonyl (C=O) groups is 1. The smallest absolute Gasteiger partial charge is 0.241 e. The van der Waals surface area contributed by atoms with Gasteiger partial charge in [0.15, 0.2) is 0 Å². The Morgan fingerprint density at radius 3 is 2.36 bits per heavy atom. The lowest BCUT2D eigenvalue weighted by Crippen LogP contribution is -2.27. The molecule has 25 heavy (non-hydrogen) atoms. The molecule has 2 aromatic rings. The number of halogens is 1. The summed E-state index contributed by atoms with van der Waals surface area (Å²) in [5.74, 6) is 0.0511. The number of anilines is 1. The van der Waals surface area contributed by atoms with Gasteiger partial charge in [0, 0.05) is 18.0 Å². The van der Waals surface area contributed by atoms with E-state index in [4.69, 9.17) is 16.3 Å². The van der Waals surface area contributed by atoms with Gasteiger partial charge in [-0.1, -0.05) is 23.7 Å². The minimum absolute atomic E-state index is 0.0258. The Bertz CT molecular complexity index is 867. The zero-order valence-electron chi connectivity index (χ0n) is 14.0. The molecule has 1 atom stereocenters. The summed E-state index contributed by atoms with van der Waals surface area (Å²) in [6, 6.07) is 10.7. The van der Waals surface area contributed by atoms with Crippen LogP contribution in [0.15, 0.2) is 47.4 Å². The van der Waals surface area contributed by atoms with Gasteiger partial charge in [0.1, 0.15) is 5.75 Å². The van der Waals surface area contributed by atoms with E-state index >= 15 is 0 Å². The van der Waals surface area contributed by atoms with Crippen LogP contribution in [0, 0.1) is 0 Å². The molecule has 0 fully saturated rings. The fraction of sp³-hybridized carbons (Fsp3) is 0.235. The van der Waals surface area contributed by atoms with Crippen molar-refractivity contribution in [2.75, 3.05) is 12.4 Å². The molecule has 2 aromatic carbocycles. The van der Waals surface area contributed by atoms with Gasteiger partial charge in [-0.2, -0.15) is 0 Å². The first-order chi connectivity index (χ1) is 11.7. The lowest BCUT2D eigenvalue weighted by Gasteiger charge is -2.16. The second kappa shape index (κ2) is 7.86. The Labute approximate surface area is 152 Å². The number of hydrogen-bond acceptors (Lipinski definition) is 4. The van der Waals surface area contributed by atoms with Crippen LogP contribution >= 0.6 is 11.6 Å². The number of sulfonamides is 1. The van der Waals surface area contributed by atoms with E-state index in [2.05, 4.69) is 10.0 Å². The van der Waals surface area contributed by atoms with Crippen LogP contribution in [-0.4, -0.2) is 21.4 Å². The lowest BCUT2D eigenvalue weighted by atomic mass is 10.1. The maximum absolute atomic E-state index is 12.6. The molecule has 0 aliphatic rings. The van der Waals surface area contributed by atoms with Crippen LogP contribution in [0.1, 0.15) is 25.5 Å². The van der Waals surface area contributed by atoms with Gasteiger partial charge in [-0.3, -0.25) is 4.79 Å². The van der Waals surface area contributed by atoms with Crippen molar-refractivity contribution in [3.05, 3.63) is 53.1 Å². The van der Waals surface area contributed by atoms with Crippen LogP contribution in [-0.2, 0) is 14.8 Å². The quantitative estimate of drug-likeness (QED) is 0.802. The highest BCUT2D eigenvalue weighted by Crippen LogP contribution is 2.28. The minimum atomic E-state index is -3.79. The summed E-state index contributed by atoms with van der Waals surface area (Å²) in [6.07, 6.45) is 0. The summed E-state index contributed by atoms with van der Waals surface area (Å²) in [6.45, 7) is 3.07. The topological polar surface area (TPSA) is 84.5 Å². The van der Waals surface area contributed by atoms with Crippen molar-refractivity contribution >= 4 is 33.2 Å². The summed E-state index contributed by atoms with van der Waals surface area (Å²) < 4.78 is 33.0. The molecule has 6 nitrogen and oxygen atoms in total. The van der Waals surface area contributed by atoms with Crippen molar-refractivity contribution in [1.82, 2.24) is 4.72 Å². The van der Waals surface area contributed by atoms with Gasteiger partial charge in [-0.25, -0.2) is 13.1 Å². The van der Waals surface area contributed by atoms with Gasteiger partial charge in [0.05, 0.1) is 17.7 Å². The first-order valence-electron chi connectivity index (χ1n) is 7.46. The summed E-state index contributed by atoms with van der Waals surface area (Å²) in [7, 11) is -2.35. The number of benzene rings is 2. The van der Waals surface area contributed by atoms with E-state index in [0.29, 0.717) is 10.8 Å².